The molecular weight excluding hydrogens is 420 g/mol. The Bertz CT molecular complexity index is 1050. The van der Waals surface area contributed by atoms with Crippen LogP contribution in [0.3, 0.4) is 0 Å². The molecule has 1 saturated heterocycles. The Balaban J connectivity index is 1.80. The summed E-state index contributed by atoms with van der Waals surface area (Å²) in [5.41, 5.74) is 1.10. The largest absolute Gasteiger partial charge is 0.493 e. The molecule has 1 aliphatic rings. The molecule has 0 aromatic heterocycles. The molecule has 0 N–H and O–H groups in total. The molecule has 1 atom stereocenters. The van der Waals surface area contributed by atoms with E-state index in [9.17, 15) is 19.7 Å². The Morgan fingerprint density at radius 1 is 1.19 bits per heavy atom. The molecule has 1 fully saturated rings. The number of nitro groups is 1. The Morgan fingerprint density at radius 2 is 1.97 bits per heavy atom. The average Bonchev–Trinajstić information content (AvgIpc) is 3.02. The lowest BCUT2D eigenvalue weighted by Crippen LogP contribution is -2.27. The Labute approximate surface area is 184 Å². The van der Waals surface area contributed by atoms with Crippen molar-refractivity contribution in [2.45, 2.75) is 32.9 Å². The molecule has 0 aliphatic carbocycles. The number of ether oxygens (including phenoxy) is 2. The minimum atomic E-state index is -0.515. The van der Waals surface area contributed by atoms with Gasteiger partial charge in [0, 0.05) is 12.1 Å². The molecule has 162 valence electrons. The zero-order valence-corrected chi connectivity index (χ0v) is 18.2. The van der Waals surface area contributed by atoms with Crippen LogP contribution in [0.5, 0.6) is 11.5 Å². The van der Waals surface area contributed by atoms with Gasteiger partial charge in [0.1, 0.15) is 0 Å². The van der Waals surface area contributed by atoms with Crippen LogP contribution in [-0.4, -0.2) is 34.2 Å². The van der Waals surface area contributed by atoms with Gasteiger partial charge in [0.25, 0.3) is 16.8 Å². The Kier molecular flexibility index (Phi) is 6.96. The summed E-state index contributed by atoms with van der Waals surface area (Å²) in [6, 6.07) is 11.2. The number of hydrogen-bond acceptors (Lipinski definition) is 7. The molecular formula is C22H22N2O6S. The Hall–Kier alpha value is -3.33. The van der Waals surface area contributed by atoms with Gasteiger partial charge in [0.2, 0.25) is 0 Å². The van der Waals surface area contributed by atoms with Gasteiger partial charge in [-0.1, -0.05) is 25.1 Å². The van der Waals surface area contributed by atoms with Gasteiger partial charge < -0.3 is 9.47 Å². The number of carbonyl (C=O) groups is 2. The highest BCUT2D eigenvalue weighted by atomic mass is 32.2. The number of nitro benzene ring substituents is 1. The number of hydrogen-bond donors (Lipinski definition) is 0. The van der Waals surface area contributed by atoms with E-state index in [1.54, 1.807) is 30.3 Å². The van der Waals surface area contributed by atoms with Crippen molar-refractivity contribution in [1.82, 2.24) is 4.90 Å². The van der Waals surface area contributed by atoms with Gasteiger partial charge in [-0.3, -0.25) is 24.6 Å². The summed E-state index contributed by atoms with van der Waals surface area (Å²) in [4.78, 5) is 36.9. The van der Waals surface area contributed by atoms with E-state index in [1.165, 1.54) is 25.3 Å². The summed E-state index contributed by atoms with van der Waals surface area (Å²) in [5, 5.41) is 10.5. The van der Waals surface area contributed by atoms with E-state index in [4.69, 9.17) is 9.47 Å². The monoisotopic (exact) mass is 442 g/mol. The predicted octanol–water partition coefficient (Wildman–Crippen LogP) is 5.02. The van der Waals surface area contributed by atoms with Crippen molar-refractivity contribution in [1.29, 1.82) is 0 Å². The van der Waals surface area contributed by atoms with Crippen molar-refractivity contribution in [2.24, 2.45) is 0 Å². The van der Waals surface area contributed by atoms with E-state index in [0.29, 0.717) is 22.6 Å². The summed E-state index contributed by atoms with van der Waals surface area (Å²) in [6.07, 6.45) is 2.50. The van der Waals surface area contributed by atoms with Crippen LogP contribution in [0.25, 0.3) is 6.08 Å². The highest BCUT2D eigenvalue weighted by Crippen LogP contribution is 2.35. The highest BCUT2D eigenvalue weighted by molar-refractivity contribution is 8.18. The number of carbonyl (C=O) groups excluding carboxylic acids is 2. The maximum Gasteiger partial charge on any atom is 0.293 e. The molecule has 2 aromatic rings. The maximum atomic E-state index is 12.8. The number of methoxy groups -OCH3 is 1. The third-order valence-electron chi connectivity index (χ3n) is 4.72. The van der Waals surface area contributed by atoms with E-state index in [1.807, 2.05) is 13.8 Å². The van der Waals surface area contributed by atoms with E-state index in [-0.39, 0.29) is 23.2 Å². The minimum absolute atomic E-state index is 0.0325. The molecule has 1 heterocycles. The van der Waals surface area contributed by atoms with Crippen molar-refractivity contribution in [3.05, 3.63) is 68.6 Å². The quantitative estimate of drug-likeness (QED) is 0.322. The molecule has 9 heteroatoms. The van der Waals surface area contributed by atoms with Crippen molar-refractivity contribution < 1.29 is 24.0 Å². The summed E-state index contributed by atoms with van der Waals surface area (Å²) >= 11 is 0.831. The fraction of sp³-hybridized carbons (Fsp3) is 0.273. The topological polar surface area (TPSA) is 99.0 Å². The number of nitrogens with zero attached hydrogens (tertiary/aromatic N) is 2. The van der Waals surface area contributed by atoms with E-state index < -0.39 is 16.1 Å². The molecule has 31 heavy (non-hydrogen) atoms. The Morgan fingerprint density at radius 3 is 2.65 bits per heavy atom. The van der Waals surface area contributed by atoms with Gasteiger partial charge in [-0.15, -0.1) is 0 Å². The first-order valence-electron chi connectivity index (χ1n) is 9.65. The first-order valence-corrected chi connectivity index (χ1v) is 10.5. The van der Waals surface area contributed by atoms with Crippen molar-refractivity contribution in [2.75, 3.05) is 7.11 Å². The second kappa shape index (κ2) is 9.65. The maximum absolute atomic E-state index is 12.8. The van der Waals surface area contributed by atoms with Crippen molar-refractivity contribution in [3.63, 3.8) is 0 Å². The minimum Gasteiger partial charge on any atom is -0.493 e. The van der Waals surface area contributed by atoms with Gasteiger partial charge in [-0.25, -0.2) is 0 Å². The molecule has 2 amide bonds. The van der Waals surface area contributed by atoms with Gasteiger partial charge in [0.15, 0.2) is 11.5 Å². The van der Waals surface area contributed by atoms with Crippen molar-refractivity contribution in [3.8, 4) is 11.5 Å². The molecule has 0 spiro atoms. The number of benzene rings is 2. The third kappa shape index (κ3) is 5.24. The smallest absolute Gasteiger partial charge is 0.293 e. The van der Waals surface area contributed by atoms with Gasteiger partial charge in [-0.05, 0) is 54.4 Å². The van der Waals surface area contributed by atoms with Crippen LogP contribution >= 0.6 is 11.8 Å². The molecule has 3 rings (SSSR count). The number of thioether (sulfide) groups is 1. The van der Waals surface area contributed by atoms with Gasteiger partial charge >= 0.3 is 0 Å². The van der Waals surface area contributed by atoms with Crippen LogP contribution in [0.1, 0.15) is 31.4 Å². The lowest BCUT2D eigenvalue weighted by atomic mass is 10.1. The normalized spacial score (nSPS) is 16.0. The van der Waals surface area contributed by atoms with E-state index in [0.717, 1.165) is 23.1 Å². The molecule has 1 aliphatic heterocycles. The molecule has 8 nitrogen and oxygen atoms in total. The average molecular weight is 442 g/mol. The highest BCUT2D eigenvalue weighted by Gasteiger charge is 2.35. The molecule has 0 unspecified atom stereocenters. The molecule has 2 aromatic carbocycles. The predicted molar refractivity (Wildman–Crippen MR) is 118 cm³/mol. The summed E-state index contributed by atoms with van der Waals surface area (Å²) in [5.74, 6) is 0.693. The third-order valence-corrected chi connectivity index (χ3v) is 5.63. The summed E-state index contributed by atoms with van der Waals surface area (Å²) < 4.78 is 11.2. The first-order chi connectivity index (χ1) is 14.8. The number of amides is 2. The second-order valence-electron chi connectivity index (χ2n) is 6.94. The van der Waals surface area contributed by atoms with Crippen molar-refractivity contribution >= 4 is 34.7 Å². The lowest BCUT2D eigenvalue weighted by molar-refractivity contribution is -0.384. The summed E-state index contributed by atoms with van der Waals surface area (Å²) in [6.45, 7) is 3.95. The van der Waals surface area contributed by atoms with E-state index >= 15 is 0 Å². The second-order valence-corrected chi connectivity index (χ2v) is 7.94. The molecule has 0 saturated carbocycles. The van der Waals surface area contributed by atoms with Gasteiger partial charge in [-0.2, -0.15) is 0 Å². The first kappa shape index (κ1) is 22.4. The van der Waals surface area contributed by atoms with Crippen LogP contribution < -0.4 is 9.47 Å². The van der Waals surface area contributed by atoms with E-state index in [2.05, 4.69) is 0 Å². The van der Waals surface area contributed by atoms with Gasteiger partial charge in [0.05, 0.1) is 29.6 Å². The fourth-order valence-corrected chi connectivity index (χ4v) is 3.75. The number of rotatable bonds is 8. The van der Waals surface area contributed by atoms with Crippen LogP contribution in [0, 0.1) is 10.1 Å². The number of non-ortho nitro benzene ring substituents is 1. The fourth-order valence-electron chi connectivity index (χ4n) is 2.91. The van der Waals surface area contributed by atoms with Crippen LogP contribution in [-0.2, 0) is 11.3 Å². The molecule has 0 bridgehead atoms. The standard InChI is InChI=1S/C22H22N2O6S/c1-4-14(2)30-18-9-8-15(11-19(18)29-3)12-20-21(25)23(22(26)31-20)13-16-6-5-7-17(10-16)24(27)28/h5-12,14H,4,13H2,1-3H3/b20-12+/t14-/m1/s1. The molecule has 0 radical (unpaired) electrons. The summed E-state index contributed by atoms with van der Waals surface area (Å²) in [7, 11) is 1.54. The number of imide groups is 1. The lowest BCUT2D eigenvalue weighted by Gasteiger charge is -2.15. The van der Waals surface area contributed by atoms with Crippen LogP contribution in [0.2, 0.25) is 0 Å². The zero-order valence-electron chi connectivity index (χ0n) is 17.4. The SMILES string of the molecule is CC[C@@H](C)Oc1ccc(/C=C2/SC(=O)N(Cc3cccc([N+](=O)[O-])c3)C2=O)cc1OC. The van der Waals surface area contributed by atoms with Crippen LogP contribution in [0.15, 0.2) is 47.4 Å². The zero-order chi connectivity index (χ0) is 22.5. The van der Waals surface area contributed by atoms with Crippen LogP contribution in [0.4, 0.5) is 10.5 Å².